The quantitative estimate of drug-likeness (QED) is 0.458. The molecule has 0 aliphatic rings. The third kappa shape index (κ3) is 5.18. The van der Waals surface area contributed by atoms with Gasteiger partial charge in [-0.3, -0.25) is 4.79 Å². The van der Waals surface area contributed by atoms with E-state index in [9.17, 15) is 13.2 Å². The number of benzene rings is 1. The van der Waals surface area contributed by atoms with Crippen molar-refractivity contribution in [1.82, 2.24) is 4.72 Å². The van der Waals surface area contributed by atoms with Crippen LogP contribution in [0.5, 0.6) is 5.75 Å². The lowest BCUT2D eigenvalue weighted by atomic mass is 10.2. The van der Waals surface area contributed by atoms with Gasteiger partial charge in [-0.2, -0.15) is 0 Å². The number of sulfonamides is 1. The second kappa shape index (κ2) is 7.62. The number of amides is 1. The Labute approximate surface area is 132 Å². The number of ether oxygens (including phenoxy) is 1. The largest absolute Gasteiger partial charge is 0.495 e. The molecule has 0 aliphatic carbocycles. The molecule has 0 atom stereocenters. The number of nitrogen functional groups attached to an aromatic ring is 1. The van der Waals surface area contributed by atoms with Crippen LogP contribution in [0.1, 0.15) is 19.3 Å². The highest BCUT2D eigenvalue weighted by Crippen LogP contribution is 2.32. The summed E-state index contributed by atoms with van der Waals surface area (Å²) in [5.41, 5.74) is 11.0. The number of primary amides is 1. The van der Waals surface area contributed by atoms with E-state index in [1.54, 1.807) is 0 Å². The monoisotopic (exact) mass is 379 g/mol. The number of carbonyl (C=O) groups excluding carboxylic acids is 1. The lowest BCUT2D eigenvalue weighted by Gasteiger charge is -2.12. The van der Waals surface area contributed by atoms with Crippen LogP contribution in [0.4, 0.5) is 5.69 Å². The summed E-state index contributed by atoms with van der Waals surface area (Å²) in [6, 6.07) is 2.83. The van der Waals surface area contributed by atoms with E-state index in [-0.39, 0.29) is 23.6 Å². The topological polar surface area (TPSA) is 125 Å². The van der Waals surface area contributed by atoms with Crippen molar-refractivity contribution in [3.05, 3.63) is 16.6 Å². The van der Waals surface area contributed by atoms with Gasteiger partial charge in [-0.05, 0) is 40.9 Å². The lowest BCUT2D eigenvalue weighted by molar-refractivity contribution is -0.118. The van der Waals surface area contributed by atoms with Crippen LogP contribution in [0.2, 0.25) is 0 Å². The first-order valence-electron chi connectivity index (χ1n) is 6.19. The average Bonchev–Trinajstić information content (AvgIpc) is 2.40. The third-order valence-corrected chi connectivity index (χ3v) is 4.88. The van der Waals surface area contributed by atoms with Gasteiger partial charge < -0.3 is 16.2 Å². The van der Waals surface area contributed by atoms with E-state index >= 15 is 0 Å². The van der Waals surface area contributed by atoms with Gasteiger partial charge in [0.25, 0.3) is 0 Å². The molecule has 0 bridgehead atoms. The fourth-order valence-corrected chi connectivity index (χ4v) is 3.21. The Balaban J connectivity index is 2.78. The van der Waals surface area contributed by atoms with Crippen molar-refractivity contribution in [1.29, 1.82) is 0 Å². The molecule has 0 fully saturated rings. The van der Waals surface area contributed by atoms with Crippen molar-refractivity contribution < 1.29 is 17.9 Å². The minimum absolute atomic E-state index is 0.0272. The SMILES string of the molecule is COc1cc(Br)c(N)cc1S(=O)(=O)NCCCCC(N)=O. The van der Waals surface area contributed by atoms with Crippen LogP contribution in [0.15, 0.2) is 21.5 Å². The zero-order chi connectivity index (χ0) is 16.0. The van der Waals surface area contributed by atoms with Gasteiger partial charge in [0.05, 0.1) is 7.11 Å². The molecule has 1 aromatic carbocycles. The first-order chi connectivity index (χ1) is 9.77. The number of unbranched alkanes of at least 4 members (excludes halogenated alkanes) is 1. The maximum atomic E-state index is 12.2. The zero-order valence-electron chi connectivity index (χ0n) is 11.6. The van der Waals surface area contributed by atoms with Crippen LogP contribution in [0, 0.1) is 0 Å². The molecule has 21 heavy (non-hydrogen) atoms. The van der Waals surface area contributed by atoms with Crippen LogP contribution in [0.3, 0.4) is 0 Å². The maximum absolute atomic E-state index is 12.2. The number of halogens is 1. The molecule has 0 aliphatic heterocycles. The van der Waals surface area contributed by atoms with Gasteiger partial charge in [0.15, 0.2) is 0 Å². The molecule has 0 heterocycles. The van der Waals surface area contributed by atoms with Gasteiger partial charge in [-0.15, -0.1) is 0 Å². The van der Waals surface area contributed by atoms with Crippen LogP contribution in [-0.4, -0.2) is 28.0 Å². The van der Waals surface area contributed by atoms with Crippen molar-refractivity contribution in [3.8, 4) is 5.75 Å². The van der Waals surface area contributed by atoms with Crippen LogP contribution in [-0.2, 0) is 14.8 Å². The van der Waals surface area contributed by atoms with Gasteiger partial charge in [0, 0.05) is 23.1 Å². The predicted molar refractivity (Wildman–Crippen MR) is 83.3 cm³/mol. The lowest BCUT2D eigenvalue weighted by Crippen LogP contribution is -2.25. The summed E-state index contributed by atoms with van der Waals surface area (Å²) in [4.78, 5) is 10.6. The number of carbonyl (C=O) groups is 1. The Morgan fingerprint density at radius 2 is 2.05 bits per heavy atom. The molecule has 0 unspecified atom stereocenters. The second-order valence-corrected chi connectivity index (χ2v) is 6.94. The van der Waals surface area contributed by atoms with E-state index in [1.807, 2.05) is 0 Å². The number of nitrogens with two attached hydrogens (primary N) is 2. The molecule has 0 aromatic heterocycles. The molecule has 0 spiro atoms. The average molecular weight is 380 g/mol. The Morgan fingerprint density at radius 3 is 2.62 bits per heavy atom. The number of hydrogen-bond donors (Lipinski definition) is 3. The summed E-state index contributed by atoms with van der Waals surface area (Å²) in [6.45, 7) is 0.203. The molecule has 0 saturated carbocycles. The van der Waals surface area contributed by atoms with E-state index in [1.165, 1.54) is 19.2 Å². The minimum Gasteiger partial charge on any atom is -0.495 e. The number of anilines is 1. The van der Waals surface area contributed by atoms with Crippen LogP contribution >= 0.6 is 15.9 Å². The molecular formula is C12H18BrN3O4S. The second-order valence-electron chi connectivity index (χ2n) is 4.35. The smallest absolute Gasteiger partial charge is 0.244 e. The Hall–Kier alpha value is -1.32. The molecule has 1 amide bonds. The fraction of sp³-hybridized carbons (Fsp3) is 0.417. The summed E-state index contributed by atoms with van der Waals surface area (Å²) in [6.07, 6.45) is 1.27. The van der Waals surface area contributed by atoms with Gasteiger partial charge in [-0.25, -0.2) is 13.1 Å². The summed E-state index contributed by atoms with van der Waals surface area (Å²) < 4.78 is 32.5. The van der Waals surface area contributed by atoms with E-state index < -0.39 is 15.9 Å². The summed E-state index contributed by atoms with van der Waals surface area (Å²) in [5, 5.41) is 0. The van der Waals surface area contributed by atoms with Gasteiger partial charge in [0.1, 0.15) is 10.6 Å². The molecule has 118 valence electrons. The standard InChI is InChI=1S/C12H18BrN3O4S/c1-20-10-6-8(13)9(14)7-11(10)21(18,19)16-5-3-2-4-12(15)17/h6-7,16H,2-5,14H2,1H3,(H2,15,17). The molecule has 0 radical (unpaired) electrons. The fourth-order valence-electron chi connectivity index (χ4n) is 1.63. The highest BCUT2D eigenvalue weighted by Gasteiger charge is 2.20. The van der Waals surface area contributed by atoms with E-state index in [0.29, 0.717) is 23.0 Å². The van der Waals surface area contributed by atoms with Crippen LogP contribution < -0.4 is 20.9 Å². The molecular weight excluding hydrogens is 362 g/mol. The minimum atomic E-state index is -3.74. The number of hydrogen-bond acceptors (Lipinski definition) is 5. The first kappa shape index (κ1) is 17.7. The van der Waals surface area contributed by atoms with Crippen molar-refractivity contribution in [2.24, 2.45) is 5.73 Å². The molecule has 1 aromatic rings. The van der Waals surface area contributed by atoms with E-state index in [2.05, 4.69) is 20.7 Å². The summed E-state index contributed by atoms with van der Waals surface area (Å²) in [7, 11) is -2.36. The third-order valence-electron chi connectivity index (χ3n) is 2.71. The van der Waals surface area contributed by atoms with E-state index in [0.717, 1.165) is 0 Å². The highest BCUT2D eigenvalue weighted by atomic mass is 79.9. The molecule has 1 rings (SSSR count). The molecule has 7 nitrogen and oxygen atoms in total. The van der Waals surface area contributed by atoms with Gasteiger partial charge in [-0.1, -0.05) is 0 Å². The molecule has 5 N–H and O–H groups in total. The highest BCUT2D eigenvalue weighted by molar-refractivity contribution is 9.10. The van der Waals surface area contributed by atoms with Gasteiger partial charge in [0.2, 0.25) is 15.9 Å². The van der Waals surface area contributed by atoms with Gasteiger partial charge >= 0.3 is 0 Å². The Bertz CT molecular complexity index is 619. The number of nitrogens with one attached hydrogen (secondary N) is 1. The van der Waals surface area contributed by atoms with Crippen molar-refractivity contribution in [3.63, 3.8) is 0 Å². The molecule has 9 heteroatoms. The summed E-state index contributed by atoms with van der Waals surface area (Å²) in [5.74, 6) is -0.207. The van der Waals surface area contributed by atoms with Crippen molar-refractivity contribution in [2.75, 3.05) is 19.4 Å². The molecule has 0 saturated heterocycles. The normalized spacial score (nSPS) is 11.3. The van der Waals surface area contributed by atoms with Crippen LogP contribution in [0.25, 0.3) is 0 Å². The number of rotatable bonds is 8. The number of methoxy groups -OCH3 is 1. The van der Waals surface area contributed by atoms with E-state index in [4.69, 9.17) is 16.2 Å². The maximum Gasteiger partial charge on any atom is 0.244 e. The Morgan fingerprint density at radius 1 is 1.38 bits per heavy atom. The zero-order valence-corrected chi connectivity index (χ0v) is 14.0. The predicted octanol–water partition coefficient (Wildman–Crippen LogP) is 0.974. The van der Waals surface area contributed by atoms with Crippen molar-refractivity contribution >= 4 is 37.5 Å². The van der Waals surface area contributed by atoms with Crippen molar-refractivity contribution in [2.45, 2.75) is 24.2 Å². The first-order valence-corrected chi connectivity index (χ1v) is 8.46. The Kier molecular flexibility index (Phi) is 6.43. The summed E-state index contributed by atoms with van der Waals surface area (Å²) >= 11 is 3.21.